The first-order valence-corrected chi connectivity index (χ1v) is 7.27. The lowest BCUT2D eigenvalue weighted by Crippen LogP contribution is -2.17. The van der Waals surface area contributed by atoms with E-state index in [1.54, 1.807) is 30.3 Å². The molecular weight excluding hydrogens is 351 g/mol. The van der Waals surface area contributed by atoms with Gasteiger partial charge in [-0.3, -0.25) is 4.79 Å². The van der Waals surface area contributed by atoms with Crippen molar-refractivity contribution in [2.75, 3.05) is 11.1 Å². The molecule has 0 aliphatic heterocycles. The number of carbonyl (C=O) groups excluding carboxylic acids is 1. The third-order valence-corrected chi connectivity index (χ3v) is 3.27. The lowest BCUT2D eigenvalue weighted by Gasteiger charge is -2.09. The Morgan fingerprint density at radius 2 is 1.73 bits per heavy atom. The highest BCUT2D eigenvalue weighted by Crippen LogP contribution is 2.24. The van der Waals surface area contributed by atoms with E-state index in [2.05, 4.69) is 20.4 Å². The standard InChI is InChI=1S/C16H12F3N5O2/c17-16(18,19)26-12-8-6-11(7-9-12)24-14(20)13(22-23-24)15(25)21-10-4-2-1-3-5-10/h1-9H,20H2,(H,21,25). The molecule has 3 aromatic rings. The van der Waals surface area contributed by atoms with Crippen molar-refractivity contribution in [1.29, 1.82) is 0 Å². The lowest BCUT2D eigenvalue weighted by molar-refractivity contribution is -0.274. The summed E-state index contributed by atoms with van der Waals surface area (Å²) in [5.41, 5.74) is 6.67. The minimum absolute atomic E-state index is 0.0529. The molecule has 1 heterocycles. The first-order valence-electron chi connectivity index (χ1n) is 7.27. The van der Waals surface area contributed by atoms with Crippen LogP contribution in [0.25, 0.3) is 5.69 Å². The van der Waals surface area contributed by atoms with E-state index in [0.29, 0.717) is 11.4 Å². The first-order chi connectivity index (χ1) is 12.3. The van der Waals surface area contributed by atoms with Gasteiger partial charge in [-0.1, -0.05) is 23.4 Å². The Morgan fingerprint density at radius 3 is 2.35 bits per heavy atom. The van der Waals surface area contributed by atoms with Gasteiger partial charge in [0.05, 0.1) is 5.69 Å². The Labute approximate surface area is 145 Å². The van der Waals surface area contributed by atoms with Crippen molar-refractivity contribution in [1.82, 2.24) is 15.0 Å². The molecule has 1 amide bonds. The number of benzene rings is 2. The van der Waals surface area contributed by atoms with E-state index < -0.39 is 12.3 Å². The van der Waals surface area contributed by atoms with Gasteiger partial charge in [0.2, 0.25) is 0 Å². The topological polar surface area (TPSA) is 95.1 Å². The molecule has 0 aliphatic carbocycles. The normalized spacial score (nSPS) is 11.2. The van der Waals surface area contributed by atoms with Crippen molar-refractivity contribution >= 4 is 17.4 Å². The van der Waals surface area contributed by atoms with Gasteiger partial charge in [-0.05, 0) is 36.4 Å². The second kappa shape index (κ2) is 6.75. The van der Waals surface area contributed by atoms with E-state index in [1.165, 1.54) is 12.1 Å². The highest BCUT2D eigenvalue weighted by atomic mass is 19.4. The molecule has 10 heteroatoms. The van der Waals surface area contributed by atoms with Crippen molar-refractivity contribution in [2.45, 2.75) is 6.36 Å². The predicted molar refractivity (Wildman–Crippen MR) is 86.8 cm³/mol. The Morgan fingerprint density at radius 1 is 1.08 bits per heavy atom. The van der Waals surface area contributed by atoms with Crippen LogP contribution in [0.15, 0.2) is 54.6 Å². The number of amides is 1. The molecule has 3 N–H and O–H groups in total. The van der Waals surface area contributed by atoms with Gasteiger partial charge in [0.25, 0.3) is 5.91 Å². The molecular formula is C16H12F3N5O2. The van der Waals surface area contributed by atoms with E-state index in [1.807, 2.05) is 0 Å². The number of anilines is 2. The third kappa shape index (κ3) is 3.91. The minimum Gasteiger partial charge on any atom is -0.406 e. The lowest BCUT2D eigenvalue weighted by atomic mass is 10.3. The molecule has 3 rings (SSSR count). The molecule has 0 spiro atoms. The summed E-state index contributed by atoms with van der Waals surface area (Å²) >= 11 is 0. The number of nitrogens with two attached hydrogens (primary N) is 1. The number of aromatic nitrogens is 3. The number of hydrogen-bond donors (Lipinski definition) is 2. The van der Waals surface area contributed by atoms with Gasteiger partial charge in [-0.15, -0.1) is 18.3 Å². The maximum atomic E-state index is 12.2. The molecule has 0 radical (unpaired) electrons. The fourth-order valence-corrected chi connectivity index (χ4v) is 2.14. The van der Waals surface area contributed by atoms with Crippen LogP contribution in [-0.4, -0.2) is 27.3 Å². The Balaban J connectivity index is 1.79. The van der Waals surface area contributed by atoms with Crippen molar-refractivity contribution in [3.63, 3.8) is 0 Å². The second-order valence-corrected chi connectivity index (χ2v) is 5.10. The number of ether oxygens (including phenoxy) is 1. The van der Waals surface area contributed by atoms with Crippen molar-refractivity contribution in [2.24, 2.45) is 0 Å². The van der Waals surface area contributed by atoms with Crippen LogP contribution in [0.1, 0.15) is 10.5 Å². The van der Waals surface area contributed by atoms with Crippen molar-refractivity contribution < 1.29 is 22.7 Å². The van der Waals surface area contributed by atoms with Gasteiger partial charge in [-0.2, -0.15) is 4.68 Å². The van der Waals surface area contributed by atoms with E-state index in [9.17, 15) is 18.0 Å². The van der Waals surface area contributed by atoms with Gasteiger partial charge in [0.15, 0.2) is 11.5 Å². The van der Waals surface area contributed by atoms with Crippen LogP contribution in [0.2, 0.25) is 0 Å². The number of alkyl halides is 3. The number of para-hydroxylation sites is 1. The summed E-state index contributed by atoms with van der Waals surface area (Å²) < 4.78 is 41.5. The molecule has 0 saturated heterocycles. The average molecular weight is 363 g/mol. The predicted octanol–water partition coefficient (Wildman–Crippen LogP) is 3.00. The summed E-state index contributed by atoms with van der Waals surface area (Å²) in [5, 5.41) is 10.1. The van der Waals surface area contributed by atoms with Crippen LogP contribution >= 0.6 is 0 Å². The molecule has 1 aromatic heterocycles. The van der Waals surface area contributed by atoms with E-state index in [4.69, 9.17) is 5.73 Å². The van der Waals surface area contributed by atoms with Gasteiger partial charge < -0.3 is 15.8 Å². The summed E-state index contributed by atoms with van der Waals surface area (Å²) in [6.07, 6.45) is -4.78. The molecule has 0 fully saturated rings. The number of carbonyl (C=O) groups is 1. The monoisotopic (exact) mass is 363 g/mol. The van der Waals surface area contributed by atoms with Gasteiger partial charge in [0, 0.05) is 5.69 Å². The minimum atomic E-state index is -4.78. The SMILES string of the molecule is Nc1c(C(=O)Nc2ccccc2)nnn1-c1ccc(OC(F)(F)F)cc1. The molecule has 7 nitrogen and oxygen atoms in total. The molecule has 0 aliphatic rings. The van der Waals surface area contributed by atoms with Crippen LogP contribution in [0.4, 0.5) is 24.7 Å². The van der Waals surface area contributed by atoms with E-state index in [0.717, 1.165) is 16.8 Å². The molecule has 0 atom stereocenters. The van der Waals surface area contributed by atoms with Crippen LogP contribution in [-0.2, 0) is 0 Å². The smallest absolute Gasteiger partial charge is 0.406 e. The summed E-state index contributed by atoms with van der Waals surface area (Å²) in [5.74, 6) is -0.998. The average Bonchev–Trinajstić information content (AvgIpc) is 2.97. The van der Waals surface area contributed by atoms with Crippen LogP contribution in [0, 0.1) is 0 Å². The Bertz CT molecular complexity index is 908. The second-order valence-electron chi connectivity index (χ2n) is 5.10. The molecule has 0 saturated carbocycles. The summed E-state index contributed by atoms with van der Waals surface area (Å²) in [6.45, 7) is 0. The Kier molecular flexibility index (Phi) is 4.48. The van der Waals surface area contributed by atoms with Crippen molar-refractivity contribution in [3.05, 3.63) is 60.3 Å². The highest BCUT2D eigenvalue weighted by Gasteiger charge is 2.31. The maximum Gasteiger partial charge on any atom is 0.573 e. The van der Waals surface area contributed by atoms with Gasteiger partial charge in [-0.25, -0.2) is 0 Å². The number of nitrogen functional groups attached to an aromatic ring is 1. The van der Waals surface area contributed by atoms with E-state index >= 15 is 0 Å². The number of nitrogens with one attached hydrogen (secondary N) is 1. The first kappa shape index (κ1) is 17.3. The van der Waals surface area contributed by atoms with Gasteiger partial charge in [0.1, 0.15) is 5.75 Å². The number of hydrogen-bond acceptors (Lipinski definition) is 5. The quantitative estimate of drug-likeness (QED) is 0.743. The summed E-state index contributed by atoms with van der Waals surface area (Å²) in [6, 6.07) is 13.5. The molecule has 26 heavy (non-hydrogen) atoms. The Hall–Kier alpha value is -3.56. The molecule has 134 valence electrons. The number of nitrogens with zero attached hydrogens (tertiary/aromatic N) is 3. The van der Waals surface area contributed by atoms with Crippen LogP contribution in [0.5, 0.6) is 5.75 Å². The number of halogens is 3. The summed E-state index contributed by atoms with van der Waals surface area (Å²) in [4.78, 5) is 12.2. The summed E-state index contributed by atoms with van der Waals surface area (Å²) in [7, 11) is 0. The molecule has 2 aromatic carbocycles. The highest BCUT2D eigenvalue weighted by molar-refractivity contribution is 6.05. The maximum absolute atomic E-state index is 12.2. The fraction of sp³-hybridized carbons (Fsp3) is 0.0625. The third-order valence-electron chi connectivity index (χ3n) is 3.27. The van der Waals surface area contributed by atoms with Gasteiger partial charge >= 0.3 is 6.36 Å². The zero-order valence-corrected chi connectivity index (χ0v) is 13.1. The van der Waals surface area contributed by atoms with Crippen LogP contribution in [0.3, 0.4) is 0 Å². The zero-order valence-electron chi connectivity index (χ0n) is 13.1. The zero-order chi connectivity index (χ0) is 18.7. The van der Waals surface area contributed by atoms with Crippen molar-refractivity contribution in [3.8, 4) is 11.4 Å². The largest absolute Gasteiger partial charge is 0.573 e. The fourth-order valence-electron chi connectivity index (χ4n) is 2.14. The molecule has 0 bridgehead atoms. The van der Waals surface area contributed by atoms with E-state index in [-0.39, 0.29) is 17.3 Å². The molecule has 0 unspecified atom stereocenters. The number of rotatable bonds is 4. The van der Waals surface area contributed by atoms with Crippen LogP contribution < -0.4 is 15.8 Å².